The molecule has 0 unspecified atom stereocenters. The molecule has 20 heavy (non-hydrogen) atoms. The normalized spacial score (nSPS) is 10.7. The molecule has 0 aliphatic heterocycles. The van der Waals surface area contributed by atoms with Gasteiger partial charge in [-0.05, 0) is 24.3 Å². The van der Waals surface area contributed by atoms with Crippen LogP contribution in [0.5, 0.6) is 0 Å². The minimum absolute atomic E-state index is 0.303. The zero-order valence-electron chi connectivity index (χ0n) is 10.9. The molecule has 3 rings (SSSR count). The fraction of sp³-hybridized carbons (Fsp3) is 0.0667. The van der Waals surface area contributed by atoms with Gasteiger partial charge >= 0.3 is 0 Å². The van der Waals surface area contributed by atoms with Gasteiger partial charge in [-0.2, -0.15) is 5.10 Å². The van der Waals surface area contributed by atoms with Crippen molar-refractivity contribution < 1.29 is 4.39 Å². The van der Waals surface area contributed by atoms with Crippen LogP contribution in [0.25, 0.3) is 22.5 Å². The highest BCUT2D eigenvalue weighted by Crippen LogP contribution is 2.31. The van der Waals surface area contributed by atoms with Gasteiger partial charge in [-0.1, -0.05) is 12.1 Å². The van der Waals surface area contributed by atoms with Gasteiger partial charge in [0.05, 0.1) is 17.6 Å². The van der Waals surface area contributed by atoms with Gasteiger partial charge in [-0.25, -0.2) is 4.39 Å². The van der Waals surface area contributed by atoms with E-state index < -0.39 is 0 Å². The zero-order chi connectivity index (χ0) is 14.1. The molecule has 0 aliphatic rings. The number of hydrogen-bond acceptors (Lipinski definition) is 3. The van der Waals surface area contributed by atoms with Crippen LogP contribution in [0, 0.1) is 5.82 Å². The van der Waals surface area contributed by atoms with Gasteiger partial charge in [0, 0.05) is 24.4 Å². The van der Waals surface area contributed by atoms with Crippen molar-refractivity contribution in [3.05, 3.63) is 54.6 Å². The van der Waals surface area contributed by atoms with E-state index in [4.69, 9.17) is 5.73 Å². The number of rotatable bonds is 2. The Hall–Kier alpha value is -2.69. The summed E-state index contributed by atoms with van der Waals surface area (Å²) in [6.45, 7) is 0. The number of halogens is 1. The Balaban J connectivity index is 2.18. The van der Waals surface area contributed by atoms with Gasteiger partial charge in [-0.15, -0.1) is 0 Å². The zero-order valence-corrected chi connectivity index (χ0v) is 10.9. The second-order valence-electron chi connectivity index (χ2n) is 4.52. The van der Waals surface area contributed by atoms with E-state index in [0.717, 1.165) is 5.56 Å². The highest BCUT2D eigenvalue weighted by atomic mass is 19.1. The van der Waals surface area contributed by atoms with Crippen molar-refractivity contribution in [2.75, 3.05) is 5.73 Å². The molecular formula is C15H13FN4. The summed E-state index contributed by atoms with van der Waals surface area (Å²) < 4.78 is 15.6. The number of pyridine rings is 1. The molecule has 3 aromatic rings. The molecule has 0 fully saturated rings. The average Bonchev–Trinajstić information content (AvgIpc) is 2.82. The van der Waals surface area contributed by atoms with Crippen molar-refractivity contribution in [2.24, 2.45) is 7.05 Å². The van der Waals surface area contributed by atoms with Gasteiger partial charge in [0.2, 0.25) is 0 Å². The molecule has 0 atom stereocenters. The van der Waals surface area contributed by atoms with Gasteiger partial charge < -0.3 is 5.73 Å². The van der Waals surface area contributed by atoms with Crippen molar-refractivity contribution >= 4 is 5.69 Å². The van der Waals surface area contributed by atoms with Crippen LogP contribution >= 0.6 is 0 Å². The number of aromatic nitrogens is 3. The second kappa shape index (κ2) is 4.77. The monoisotopic (exact) mass is 268 g/mol. The number of nitrogen functional groups attached to an aromatic ring is 1. The van der Waals surface area contributed by atoms with E-state index in [2.05, 4.69) is 10.1 Å². The van der Waals surface area contributed by atoms with Crippen LogP contribution in [0.1, 0.15) is 0 Å². The summed E-state index contributed by atoms with van der Waals surface area (Å²) in [6, 6.07) is 10.1. The molecule has 0 bridgehead atoms. The summed E-state index contributed by atoms with van der Waals surface area (Å²) in [5, 5.41) is 4.35. The molecule has 0 spiro atoms. The number of nitrogens with two attached hydrogens (primary N) is 1. The first-order valence-corrected chi connectivity index (χ1v) is 6.15. The van der Waals surface area contributed by atoms with E-state index in [1.807, 2.05) is 6.20 Å². The first-order chi connectivity index (χ1) is 9.65. The summed E-state index contributed by atoms with van der Waals surface area (Å²) >= 11 is 0. The van der Waals surface area contributed by atoms with Crippen molar-refractivity contribution in [3.8, 4) is 22.5 Å². The van der Waals surface area contributed by atoms with E-state index in [0.29, 0.717) is 22.6 Å². The summed E-state index contributed by atoms with van der Waals surface area (Å²) in [5.41, 5.74) is 8.75. The van der Waals surface area contributed by atoms with Gasteiger partial charge in [-0.3, -0.25) is 9.67 Å². The molecule has 2 N–H and O–H groups in total. The van der Waals surface area contributed by atoms with Crippen molar-refractivity contribution in [1.29, 1.82) is 0 Å². The fourth-order valence-corrected chi connectivity index (χ4v) is 2.09. The highest BCUT2D eigenvalue weighted by molar-refractivity contribution is 5.79. The maximum atomic E-state index is 14.0. The van der Waals surface area contributed by atoms with Crippen LogP contribution < -0.4 is 5.73 Å². The molecule has 0 amide bonds. The Kier molecular flexibility index (Phi) is 2.95. The smallest absolute Gasteiger partial charge is 0.132 e. The molecule has 0 radical (unpaired) electrons. The largest absolute Gasteiger partial charge is 0.397 e. The third kappa shape index (κ3) is 2.14. The molecule has 4 nitrogen and oxygen atoms in total. The molecule has 0 saturated carbocycles. The SMILES string of the molecule is Cn1cc(-c2ccc(N)cn2)c(-c2ccccc2F)n1. The topological polar surface area (TPSA) is 56.7 Å². The van der Waals surface area contributed by atoms with Crippen LogP contribution in [0.3, 0.4) is 0 Å². The third-order valence-corrected chi connectivity index (χ3v) is 3.02. The predicted octanol–water partition coefficient (Wildman–Crippen LogP) is 2.87. The highest BCUT2D eigenvalue weighted by Gasteiger charge is 2.15. The van der Waals surface area contributed by atoms with Crippen LogP contribution in [-0.2, 0) is 7.05 Å². The Morgan fingerprint density at radius 3 is 2.60 bits per heavy atom. The average molecular weight is 268 g/mol. The van der Waals surface area contributed by atoms with Crippen molar-refractivity contribution in [1.82, 2.24) is 14.8 Å². The number of hydrogen-bond donors (Lipinski definition) is 1. The standard InChI is InChI=1S/C15H13FN4/c1-20-9-12(14-7-6-10(17)8-18-14)15(19-20)11-4-2-3-5-13(11)16/h2-9H,17H2,1H3. The van der Waals surface area contributed by atoms with Crippen LogP contribution in [0.2, 0.25) is 0 Å². The van der Waals surface area contributed by atoms with E-state index in [1.54, 1.807) is 48.3 Å². The van der Waals surface area contributed by atoms with Gasteiger partial charge in [0.25, 0.3) is 0 Å². The molecular weight excluding hydrogens is 255 g/mol. The molecule has 0 aliphatic carbocycles. The van der Waals surface area contributed by atoms with Crippen LogP contribution in [0.4, 0.5) is 10.1 Å². The van der Waals surface area contributed by atoms with E-state index in [9.17, 15) is 4.39 Å². The fourth-order valence-electron chi connectivity index (χ4n) is 2.09. The number of anilines is 1. The number of benzene rings is 1. The Bertz CT molecular complexity index is 747. The van der Waals surface area contributed by atoms with Crippen LogP contribution in [-0.4, -0.2) is 14.8 Å². The molecule has 100 valence electrons. The Morgan fingerprint density at radius 2 is 1.90 bits per heavy atom. The molecule has 2 heterocycles. The maximum Gasteiger partial charge on any atom is 0.132 e. The van der Waals surface area contributed by atoms with Crippen LogP contribution in [0.15, 0.2) is 48.8 Å². The molecule has 5 heteroatoms. The van der Waals surface area contributed by atoms with Gasteiger partial charge in [0.15, 0.2) is 0 Å². The summed E-state index contributed by atoms with van der Waals surface area (Å²) in [4.78, 5) is 4.28. The lowest BCUT2D eigenvalue weighted by molar-refractivity contribution is 0.630. The third-order valence-electron chi connectivity index (χ3n) is 3.02. The second-order valence-corrected chi connectivity index (χ2v) is 4.52. The first kappa shape index (κ1) is 12.3. The maximum absolute atomic E-state index is 14.0. The Morgan fingerprint density at radius 1 is 1.10 bits per heavy atom. The van der Waals surface area contributed by atoms with E-state index in [1.165, 1.54) is 6.07 Å². The molecule has 0 saturated heterocycles. The predicted molar refractivity (Wildman–Crippen MR) is 76.2 cm³/mol. The summed E-state index contributed by atoms with van der Waals surface area (Å²) in [7, 11) is 1.80. The summed E-state index contributed by atoms with van der Waals surface area (Å²) in [6.07, 6.45) is 3.40. The quantitative estimate of drug-likeness (QED) is 0.777. The Labute approximate surface area is 115 Å². The molecule has 2 aromatic heterocycles. The minimum atomic E-state index is -0.303. The van der Waals surface area contributed by atoms with Gasteiger partial charge in [0.1, 0.15) is 11.5 Å². The summed E-state index contributed by atoms with van der Waals surface area (Å²) in [5.74, 6) is -0.303. The van der Waals surface area contributed by atoms with E-state index in [-0.39, 0.29) is 5.82 Å². The van der Waals surface area contributed by atoms with E-state index >= 15 is 0 Å². The lowest BCUT2D eigenvalue weighted by atomic mass is 10.1. The lowest BCUT2D eigenvalue weighted by Crippen LogP contribution is -1.91. The molecule has 1 aromatic carbocycles. The number of aryl methyl sites for hydroxylation is 1. The minimum Gasteiger partial charge on any atom is -0.397 e. The number of nitrogens with zero attached hydrogens (tertiary/aromatic N) is 3. The lowest BCUT2D eigenvalue weighted by Gasteiger charge is -2.03. The van der Waals surface area contributed by atoms with Crippen molar-refractivity contribution in [2.45, 2.75) is 0 Å². The van der Waals surface area contributed by atoms with Crippen molar-refractivity contribution in [3.63, 3.8) is 0 Å². The first-order valence-electron chi connectivity index (χ1n) is 6.15.